The molecule has 5 heteroatoms. The third-order valence-corrected chi connectivity index (χ3v) is 3.96. The van der Waals surface area contributed by atoms with Crippen molar-refractivity contribution in [2.24, 2.45) is 5.41 Å². The predicted molar refractivity (Wildman–Crippen MR) is 67.5 cm³/mol. The number of ether oxygens (including phenoxy) is 2. The first-order valence-electron chi connectivity index (χ1n) is 5.85. The molecular weight excluding hydrogens is 252 g/mol. The summed E-state index contributed by atoms with van der Waals surface area (Å²) in [6.07, 6.45) is 2.19. The topological polar surface area (TPSA) is 68.3 Å². The average Bonchev–Trinajstić information content (AvgIpc) is 2.24. The van der Waals surface area contributed by atoms with Gasteiger partial charge in [0.1, 0.15) is 17.9 Å². The van der Waals surface area contributed by atoms with Crippen molar-refractivity contribution in [1.29, 1.82) is 5.26 Å². The van der Waals surface area contributed by atoms with Gasteiger partial charge in [0.25, 0.3) is 0 Å². The lowest BCUT2D eigenvalue weighted by atomic mass is 9.65. The monoisotopic (exact) mass is 264 g/mol. The molecule has 0 amide bonds. The van der Waals surface area contributed by atoms with Crippen molar-refractivity contribution in [3.8, 4) is 11.8 Å². The van der Waals surface area contributed by atoms with Gasteiger partial charge in [-0.25, -0.2) is 0 Å². The van der Waals surface area contributed by atoms with E-state index in [2.05, 4.69) is 0 Å². The molecule has 1 saturated carbocycles. The van der Waals surface area contributed by atoms with Gasteiger partial charge in [-0.2, -0.15) is 5.26 Å². The minimum Gasteiger partial charge on any atom is -0.488 e. The Balaban J connectivity index is 1.70. The summed E-state index contributed by atoms with van der Waals surface area (Å²) in [6, 6.07) is 5.17. The van der Waals surface area contributed by atoms with Gasteiger partial charge in [-0.1, -0.05) is 11.6 Å². The van der Waals surface area contributed by atoms with Crippen molar-refractivity contribution in [3.05, 3.63) is 22.7 Å². The molecule has 1 spiro atoms. The van der Waals surface area contributed by atoms with Crippen LogP contribution >= 0.6 is 11.6 Å². The number of hydrogen-bond acceptors (Lipinski definition) is 4. The molecular formula is C13H13ClN2O2. The highest BCUT2D eigenvalue weighted by atomic mass is 35.5. The van der Waals surface area contributed by atoms with Gasteiger partial charge in [-0.05, 0) is 18.9 Å². The van der Waals surface area contributed by atoms with E-state index in [1.54, 1.807) is 12.1 Å². The highest BCUT2D eigenvalue weighted by molar-refractivity contribution is 6.32. The number of benzene rings is 1. The van der Waals surface area contributed by atoms with Gasteiger partial charge in [0.15, 0.2) is 0 Å². The molecule has 4 nitrogen and oxygen atoms in total. The van der Waals surface area contributed by atoms with Crippen molar-refractivity contribution < 1.29 is 9.47 Å². The highest BCUT2D eigenvalue weighted by Gasteiger charge is 2.51. The van der Waals surface area contributed by atoms with Crippen molar-refractivity contribution >= 4 is 17.3 Å². The Bertz CT molecular complexity index is 527. The van der Waals surface area contributed by atoms with Gasteiger partial charge in [0.05, 0.1) is 29.5 Å². The molecule has 1 aliphatic heterocycles. The van der Waals surface area contributed by atoms with Gasteiger partial charge < -0.3 is 15.2 Å². The van der Waals surface area contributed by atoms with E-state index < -0.39 is 0 Å². The van der Waals surface area contributed by atoms with Crippen LogP contribution in [0.1, 0.15) is 18.4 Å². The molecule has 1 saturated heterocycles. The molecule has 0 atom stereocenters. The molecule has 0 radical (unpaired) electrons. The molecule has 2 fully saturated rings. The van der Waals surface area contributed by atoms with E-state index in [0.29, 0.717) is 27.4 Å². The fourth-order valence-corrected chi connectivity index (χ4v) is 2.75. The first-order valence-corrected chi connectivity index (χ1v) is 6.23. The number of nitrogen functional groups attached to an aromatic ring is 1. The molecule has 1 aromatic carbocycles. The minimum atomic E-state index is 0.181. The van der Waals surface area contributed by atoms with Crippen LogP contribution in [0.4, 0.5) is 5.69 Å². The molecule has 0 unspecified atom stereocenters. The lowest BCUT2D eigenvalue weighted by Gasteiger charge is -2.52. The Labute approximate surface area is 110 Å². The molecule has 2 N–H and O–H groups in total. The van der Waals surface area contributed by atoms with Gasteiger partial charge >= 0.3 is 0 Å². The number of anilines is 1. The van der Waals surface area contributed by atoms with Gasteiger partial charge in [0, 0.05) is 11.5 Å². The molecule has 94 valence electrons. The number of halogens is 1. The largest absolute Gasteiger partial charge is 0.488 e. The molecule has 1 heterocycles. The van der Waals surface area contributed by atoms with Crippen LogP contribution in [0.2, 0.25) is 5.02 Å². The van der Waals surface area contributed by atoms with E-state index in [-0.39, 0.29) is 6.10 Å². The fraction of sp³-hybridized carbons (Fsp3) is 0.462. The summed E-state index contributed by atoms with van der Waals surface area (Å²) in [7, 11) is 0. The standard InChI is InChI=1S/C13H13ClN2O2/c14-10-2-12(11(16)1-8(10)5-15)18-9-3-13(4-9)6-17-7-13/h1-2,9H,3-4,6-7,16H2. The molecule has 0 aromatic heterocycles. The molecule has 1 aliphatic carbocycles. The summed E-state index contributed by atoms with van der Waals surface area (Å²) in [5, 5.41) is 9.21. The Kier molecular flexibility index (Phi) is 2.61. The van der Waals surface area contributed by atoms with Crippen molar-refractivity contribution in [2.75, 3.05) is 18.9 Å². The number of nitrogens with zero attached hydrogens (tertiary/aromatic N) is 1. The molecule has 2 aliphatic rings. The van der Waals surface area contributed by atoms with Crippen LogP contribution in [0.25, 0.3) is 0 Å². The molecule has 1 aromatic rings. The molecule has 0 bridgehead atoms. The van der Waals surface area contributed by atoms with Crippen molar-refractivity contribution in [1.82, 2.24) is 0 Å². The van der Waals surface area contributed by atoms with Crippen LogP contribution in [0.5, 0.6) is 5.75 Å². The van der Waals surface area contributed by atoms with Gasteiger partial charge in [0.2, 0.25) is 0 Å². The smallest absolute Gasteiger partial charge is 0.144 e. The van der Waals surface area contributed by atoms with E-state index in [0.717, 1.165) is 26.1 Å². The molecule has 3 rings (SSSR count). The summed E-state index contributed by atoms with van der Waals surface area (Å²) >= 11 is 5.96. The average molecular weight is 265 g/mol. The zero-order valence-electron chi connectivity index (χ0n) is 9.78. The number of hydrogen-bond donors (Lipinski definition) is 1. The Hall–Kier alpha value is -1.44. The summed E-state index contributed by atoms with van der Waals surface area (Å²) < 4.78 is 11.0. The minimum absolute atomic E-state index is 0.181. The second-order valence-electron chi connectivity index (χ2n) is 5.12. The normalized spacial score (nSPS) is 20.9. The van der Waals surface area contributed by atoms with E-state index in [9.17, 15) is 0 Å². The van der Waals surface area contributed by atoms with Crippen LogP contribution in [0.3, 0.4) is 0 Å². The zero-order valence-corrected chi connectivity index (χ0v) is 10.5. The van der Waals surface area contributed by atoms with Crippen LogP contribution in [-0.2, 0) is 4.74 Å². The zero-order chi connectivity index (χ0) is 12.8. The second kappa shape index (κ2) is 4.04. The van der Waals surface area contributed by atoms with Crippen LogP contribution in [0, 0.1) is 16.7 Å². The van der Waals surface area contributed by atoms with E-state index in [1.807, 2.05) is 6.07 Å². The van der Waals surface area contributed by atoms with Crippen LogP contribution in [-0.4, -0.2) is 19.3 Å². The van der Waals surface area contributed by atoms with E-state index in [4.69, 9.17) is 32.1 Å². The maximum Gasteiger partial charge on any atom is 0.144 e. The third-order valence-electron chi connectivity index (χ3n) is 3.65. The summed E-state index contributed by atoms with van der Waals surface area (Å²) in [4.78, 5) is 0. The summed E-state index contributed by atoms with van der Waals surface area (Å²) in [6.45, 7) is 1.69. The Morgan fingerprint density at radius 3 is 2.72 bits per heavy atom. The quantitative estimate of drug-likeness (QED) is 0.833. The predicted octanol–water partition coefficient (Wildman–Crippen LogP) is 2.35. The first-order chi connectivity index (χ1) is 8.62. The SMILES string of the molecule is N#Cc1cc(N)c(OC2CC3(COC3)C2)cc1Cl. The maximum atomic E-state index is 8.84. The van der Waals surface area contributed by atoms with Crippen molar-refractivity contribution in [2.45, 2.75) is 18.9 Å². The third kappa shape index (κ3) is 1.80. The van der Waals surface area contributed by atoms with Crippen molar-refractivity contribution in [3.63, 3.8) is 0 Å². The Morgan fingerprint density at radius 1 is 1.44 bits per heavy atom. The number of nitriles is 1. The second-order valence-corrected chi connectivity index (χ2v) is 5.53. The number of rotatable bonds is 2. The fourth-order valence-electron chi connectivity index (χ4n) is 2.55. The van der Waals surface area contributed by atoms with E-state index >= 15 is 0 Å². The maximum absolute atomic E-state index is 8.84. The highest BCUT2D eigenvalue weighted by Crippen LogP contribution is 2.48. The van der Waals surface area contributed by atoms with Gasteiger partial charge in [-0.15, -0.1) is 0 Å². The summed E-state index contributed by atoms with van der Waals surface area (Å²) in [5.74, 6) is 0.569. The van der Waals surface area contributed by atoms with Gasteiger partial charge in [-0.3, -0.25) is 0 Å². The number of nitrogens with two attached hydrogens (primary N) is 1. The van der Waals surface area contributed by atoms with Crippen LogP contribution in [0.15, 0.2) is 12.1 Å². The Morgan fingerprint density at radius 2 is 2.17 bits per heavy atom. The summed E-state index contributed by atoms with van der Waals surface area (Å²) in [5.41, 5.74) is 7.04. The lowest BCUT2D eigenvalue weighted by Crippen LogP contribution is -2.56. The first kappa shape index (κ1) is 11.6. The molecule has 18 heavy (non-hydrogen) atoms. The van der Waals surface area contributed by atoms with E-state index in [1.165, 1.54) is 0 Å². The lowest BCUT2D eigenvalue weighted by molar-refractivity contribution is -0.191. The van der Waals surface area contributed by atoms with Crippen LogP contribution < -0.4 is 10.5 Å².